The number of ketones is 1. The van der Waals surface area contributed by atoms with E-state index in [4.69, 9.17) is 6.85 Å². The molecule has 0 aromatic heterocycles. The molecule has 2 rings (SSSR count). The van der Waals surface area contributed by atoms with Gasteiger partial charge in [-0.05, 0) is 41.9 Å². The van der Waals surface area contributed by atoms with E-state index in [0.29, 0.717) is 0 Å². The van der Waals surface area contributed by atoms with Crippen LogP contribution in [-0.2, 0) is 0 Å². The Morgan fingerprint density at radius 2 is 1.56 bits per heavy atom. The normalized spacial score (nSPS) is 17.7. The number of carbonyl (C=O) groups excluding carboxylic acids is 1. The van der Waals surface area contributed by atoms with Gasteiger partial charge in [0.1, 0.15) is 11.5 Å². The molecule has 0 saturated heterocycles. The number of Topliss-reactive ketones (excluding diaryl/α,β-unsaturated/α-hetero) is 1. The maximum Gasteiger partial charge on any atom is 0.170 e. The highest BCUT2D eigenvalue weighted by Gasteiger charge is 2.16. The molecule has 0 aliphatic carbocycles. The number of aromatic hydroxyl groups is 2. The fraction of sp³-hybridized carbons (Fsp3) is 0.133. The van der Waals surface area contributed by atoms with Crippen LogP contribution in [0.25, 0.3) is 0 Å². The maximum absolute atomic E-state index is 12.6. The van der Waals surface area contributed by atoms with Gasteiger partial charge in [-0.25, -0.2) is 0 Å². The van der Waals surface area contributed by atoms with Gasteiger partial charge < -0.3 is 10.2 Å². The fourth-order valence-corrected chi connectivity index (χ4v) is 1.45. The van der Waals surface area contributed by atoms with Gasteiger partial charge >= 0.3 is 0 Å². The van der Waals surface area contributed by atoms with Crippen LogP contribution in [0.3, 0.4) is 0 Å². The first-order chi connectivity index (χ1) is 10.6. The summed E-state index contributed by atoms with van der Waals surface area (Å²) < 4.78 is 38.5. The van der Waals surface area contributed by atoms with Gasteiger partial charge in [-0.2, -0.15) is 0 Å². The zero-order valence-corrected chi connectivity index (χ0v) is 9.61. The standard InChI is InChI=1S/C15H14O3/c1-10(11-2-6-13(16)7-3-11)15(18)12-4-8-14(17)9-5-12/h2-10,16-17H,1H3/i6D,7D,8D,9D,10D. The molecule has 0 bridgehead atoms. The Balaban J connectivity index is 2.53. The first kappa shape index (κ1) is 7.21. The zero-order valence-electron chi connectivity index (χ0n) is 14.6. The van der Waals surface area contributed by atoms with Crippen LogP contribution in [0.5, 0.6) is 11.5 Å². The van der Waals surface area contributed by atoms with E-state index in [-0.39, 0.29) is 23.2 Å². The molecule has 3 nitrogen and oxygen atoms in total. The van der Waals surface area contributed by atoms with Crippen LogP contribution in [0.2, 0.25) is 0 Å². The Bertz CT molecular complexity index is 756. The van der Waals surface area contributed by atoms with Gasteiger partial charge in [0.2, 0.25) is 0 Å². The van der Waals surface area contributed by atoms with Gasteiger partial charge in [-0.3, -0.25) is 4.79 Å². The minimum atomic E-state index is -1.88. The highest BCUT2D eigenvalue weighted by Crippen LogP contribution is 2.23. The van der Waals surface area contributed by atoms with Crippen LogP contribution in [0.1, 0.15) is 35.6 Å². The summed E-state index contributed by atoms with van der Waals surface area (Å²) in [6, 6.07) is 2.84. The minimum absolute atomic E-state index is 0.0430. The predicted octanol–water partition coefficient (Wildman–Crippen LogP) is 3.08. The lowest BCUT2D eigenvalue weighted by molar-refractivity contribution is 0.0966. The van der Waals surface area contributed by atoms with Crippen molar-refractivity contribution in [3.8, 4) is 11.5 Å². The number of benzene rings is 2. The number of rotatable bonds is 3. The van der Waals surface area contributed by atoms with E-state index in [1.165, 1.54) is 6.92 Å². The second-order valence-electron chi connectivity index (χ2n) is 3.72. The summed E-state index contributed by atoms with van der Waals surface area (Å²) in [7, 11) is 0. The molecular formula is C15H14O3. The molecule has 2 aromatic rings. The first-order valence-corrected chi connectivity index (χ1v) is 5.21. The number of phenolic OH excluding ortho intramolecular Hbond substituents is 2. The molecule has 2 aromatic carbocycles. The summed E-state index contributed by atoms with van der Waals surface area (Å²) in [5.74, 6) is -3.72. The molecule has 3 heteroatoms. The summed E-state index contributed by atoms with van der Waals surface area (Å²) in [5.41, 5.74) is -0.0529. The van der Waals surface area contributed by atoms with Crippen molar-refractivity contribution >= 4 is 5.78 Å². The Kier molecular flexibility index (Phi) is 1.97. The van der Waals surface area contributed by atoms with Crippen LogP contribution < -0.4 is 0 Å². The average molecular weight is 247 g/mol. The molecule has 18 heavy (non-hydrogen) atoms. The van der Waals surface area contributed by atoms with Crippen LogP contribution in [0, 0.1) is 0 Å². The van der Waals surface area contributed by atoms with Crippen LogP contribution in [0.4, 0.5) is 0 Å². The molecule has 0 aliphatic rings. The summed E-state index contributed by atoms with van der Waals surface area (Å²) in [6.07, 6.45) is 0. The van der Waals surface area contributed by atoms with Crippen LogP contribution in [0.15, 0.2) is 48.4 Å². The first-order valence-electron chi connectivity index (χ1n) is 7.71. The van der Waals surface area contributed by atoms with Crippen molar-refractivity contribution < 1.29 is 21.9 Å². The highest BCUT2D eigenvalue weighted by atomic mass is 16.3. The van der Waals surface area contributed by atoms with Crippen molar-refractivity contribution in [2.45, 2.75) is 12.8 Å². The molecule has 1 unspecified atom stereocenters. The third kappa shape index (κ3) is 2.51. The van der Waals surface area contributed by atoms with E-state index in [1.807, 2.05) is 0 Å². The molecule has 0 amide bonds. The fourth-order valence-electron chi connectivity index (χ4n) is 1.45. The SMILES string of the molecule is [2H]c1cc(C(=O)C([2H])(C)c2cc([2H])c(O)c([2H])c2)cc([2H])c1O. The molecule has 0 spiro atoms. The molecule has 92 valence electrons. The average Bonchev–Trinajstić information content (AvgIpc) is 2.48. The van der Waals surface area contributed by atoms with Crippen molar-refractivity contribution in [2.24, 2.45) is 0 Å². The molecule has 1 atom stereocenters. The Hall–Kier alpha value is -2.29. The summed E-state index contributed by atoms with van der Waals surface area (Å²) in [4.78, 5) is 12.6. The Morgan fingerprint density at radius 1 is 1.11 bits per heavy atom. The van der Waals surface area contributed by atoms with Gasteiger partial charge in [-0.1, -0.05) is 19.1 Å². The van der Waals surface area contributed by atoms with E-state index >= 15 is 0 Å². The van der Waals surface area contributed by atoms with Gasteiger partial charge in [0, 0.05) is 12.8 Å². The summed E-state index contributed by atoms with van der Waals surface area (Å²) in [6.45, 7) is 1.26. The molecule has 0 fully saturated rings. The molecule has 0 saturated carbocycles. The lowest BCUT2D eigenvalue weighted by Gasteiger charge is -2.11. The zero-order chi connectivity index (χ0) is 17.5. The topological polar surface area (TPSA) is 57.5 Å². The monoisotopic (exact) mass is 247 g/mol. The molecule has 0 radical (unpaired) electrons. The third-order valence-corrected chi connectivity index (χ3v) is 2.49. The van der Waals surface area contributed by atoms with Crippen molar-refractivity contribution in [1.29, 1.82) is 0 Å². The van der Waals surface area contributed by atoms with Crippen molar-refractivity contribution in [1.82, 2.24) is 0 Å². The second-order valence-corrected chi connectivity index (χ2v) is 3.72. The van der Waals surface area contributed by atoms with Crippen molar-refractivity contribution in [3.63, 3.8) is 0 Å². The van der Waals surface area contributed by atoms with E-state index in [0.717, 1.165) is 24.3 Å². The highest BCUT2D eigenvalue weighted by molar-refractivity contribution is 6.00. The number of phenols is 2. The summed E-state index contributed by atoms with van der Waals surface area (Å²) >= 11 is 0. The molecular weight excluding hydrogens is 228 g/mol. The smallest absolute Gasteiger partial charge is 0.170 e. The third-order valence-electron chi connectivity index (χ3n) is 2.49. The maximum atomic E-state index is 12.6. The lowest BCUT2D eigenvalue weighted by Crippen LogP contribution is -2.09. The molecule has 2 N–H and O–H groups in total. The molecule has 0 heterocycles. The van der Waals surface area contributed by atoms with E-state index in [9.17, 15) is 15.0 Å². The minimum Gasteiger partial charge on any atom is -0.508 e. The number of hydrogen-bond donors (Lipinski definition) is 2. The van der Waals surface area contributed by atoms with Gasteiger partial charge in [0.15, 0.2) is 5.78 Å². The summed E-state index contributed by atoms with van der Waals surface area (Å²) in [5, 5.41) is 18.9. The van der Waals surface area contributed by atoms with E-state index in [1.54, 1.807) is 0 Å². The Labute approximate surface area is 112 Å². The van der Waals surface area contributed by atoms with E-state index in [2.05, 4.69) is 0 Å². The van der Waals surface area contributed by atoms with Crippen LogP contribution in [-0.4, -0.2) is 16.0 Å². The predicted molar refractivity (Wildman–Crippen MR) is 69.0 cm³/mol. The number of hydrogen-bond acceptors (Lipinski definition) is 3. The number of carbonyl (C=O) groups is 1. The largest absolute Gasteiger partial charge is 0.508 e. The Morgan fingerprint density at radius 3 is 2.06 bits per heavy atom. The van der Waals surface area contributed by atoms with E-state index < -0.39 is 35.3 Å². The van der Waals surface area contributed by atoms with Gasteiger partial charge in [0.05, 0.1) is 5.48 Å². The second kappa shape index (κ2) is 4.92. The molecule has 0 aliphatic heterocycles. The quantitative estimate of drug-likeness (QED) is 0.819. The van der Waals surface area contributed by atoms with Gasteiger partial charge in [0.25, 0.3) is 0 Å². The van der Waals surface area contributed by atoms with Gasteiger partial charge in [-0.15, -0.1) is 0 Å². The van der Waals surface area contributed by atoms with Crippen molar-refractivity contribution in [3.05, 3.63) is 59.6 Å². The van der Waals surface area contributed by atoms with Crippen LogP contribution >= 0.6 is 0 Å². The van der Waals surface area contributed by atoms with Crippen molar-refractivity contribution in [2.75, 3.05) is 0 Å². The lowest BCUT2D eigenvalue weighted by atomic mass is 9.92.